The van der Waals surface area contributed by atoms with Crippen molar-refractivity contribution < 1.29 is 19.2 Å². The van der Waals surface area contributed by atoms with E-state index >= 15 is 0 Å². The number of aryl methyl sites for hydroxylation is 1. The minimum Gasteiger partial charge on any atom is -0.452 e. The lowest BCUT2D eigenvalue weighted by atomic mass is 10.1. The summed E-state index contributed by atoms with van der Waals surface area (Å²) in [6, 6.07) is 6.86. The summed E-state index contributed by atoms with van der Waals surface area (Å²) >= 11 is 0. The lowest BCUT2D eigenvalue weighted by Crippen LogP contribution is -2.35. The van der Waals surface area contributed by atoms with Crippen LogP contribution in [0.5, 0.6) is 0 Å². The molecule has 1 aromatic carbocycles. The van der Waals surface area contributed by atoms with Crippen LogP contribution in [0.2, 0.25) is 0 Å². The molecule has 0 spiro atoms. The number of carbonyl (C=O) groups excluding carboxylic acids is 2. The number of ether oxygens (including phenoxy) is 1. The second-order valence-electron chi connectivity index (χ2n) is 7.26. The van der Waals surface area contributed by atoms with Crippen molar-refractivity contribution in [3.8, 4) is 0 Å². The maximum absolute atomic E-state index is 12.1. The zero-order chi connectivity index (χ0) is 21.0. The van der Waals surface area contributed by atoms with Gasteiger partial charge in [-0.05, 0) is 44.4 Å². The highest BCUT2D eigenvalue weighted by Crippen LogP contribution is 2.22. The Bertz CT molecular complexity index is 914. The van der Waals surface area contributed by atoms with E-state index in [4.69, 9.17) is 4.74 Å². The summed E-state index contributed by atoms with van der Waals surface area (Å²) in [5, 5.41) is 18.2. The Balaban J connectivity index is 1.55. The molecule has 1 heterocycles. The Labute approximate surface area is 168 Å². The number of esters is 1. The van der Waals surface area contributed by atoms with Gasteiger partial charge in [0, 0.05) is 6.04 Å². The third kappa shape index (κ3) is 4.98. The van der Waals surface area contributed by atoms with Crippen molar-refractivity contribution in [2.45, 2.75) is 52.1 Å². The molecule has 1 fully saturated rings. The number of carbonyl (C=O) groups is 2. The number of benzene rings is 1. The SMILES string of the molecule is Cc1nn(Cc2ccc(C(=O)OCC(=O)NC3CCCC3)cc2)c(C)c1[N+](=O)[O-]. The van der Waals surface area contributed by atoms with Gasteiger partial charge in [0.15, 0.2) is 6.61 Å². The third-order valence-electron chi connectivity index (χ3n) is 5.10. The number of hydrogen-bond acceptors (Lipinski definition) is 6. The van der Waals surface area contributed by atoms with E-state index < -0.39 is 10.9 Å². The summed E-state index contributed by atoms with van der Waals surface area (Å²) in [5.74, 6) is -0.854. The number of amides is 1. The predicted octanol–water partition coefficient (Wildman–Crippen LogP) is 2.67. The molecular weight excluding hydrogens is 376 g/mol. The zero-order valence-corrected chi connectivity index (χ0v) is 16.5. The first-order valence-electron chi connectivity index (χ1n) is 9.59. The smallest absolute Gasteiger partial charge is 0.338 e. The maximum Gasteiger partial charge on any atom is 0.338 e. The highest BCUT2D eigenvalue weighted by Gasteiger charge is 2.22. The van der Waals surface area contributed by atoms with Gasteiger partial charge < -0.3 is 10.1 Å². The first-order valence-corrected chi connectivity index (χ1v) is 9.59. The lowest BCUT2D eigenvalue weighted by Gasteiger charge is -2.12. The van der Waals surface area contributed by atoms with E-state index in [-0.39, 0.29) is 24.2 Å². The van der Waals surface area contributed by atoms with Crippen molar-refractivity contribution >= 4 is 17.6 Å². The van der Waals surface area contributed by atoms with Crippen LogP contribution < -0.4 is 5.32 Å². The Hall–Kier alpha value is -3.23. The van der Waals surface area contributed by atoms with Crippen LogP contribution in [0.15, 0.2) is 24.3 Å². The molecule has 0 radical (unpaired) electrons. The van der Waals surface area contributed by atoms with Gasteiger partial charge in [-0.3, -0.25) is 19.6 Å². The van der Waals surface area contributed by atoms with Crippen molar-refractivity contribution in [3.63, 3.8) is 0 Å². The monoisotopic (exact) mass is 400 g/mol. The quantitative estimate of drug-likeness (QED) is 0.434. The fourth-order valence-corrected chi connectivity index (χ4v) is 3.58. The molecular formula is C20H24N4O5. The fourth-order valence-electron chi connectivity index (χ4n) is 3.58. The number of hydrogen-bond donors (Lipinski definition) is 1. The van der Waals surface area contributed by atoms with Crippen LogP contribution in [-0.4, -0.2) is 39.2 Å². The molecule has 1 amide bonds. The average molecular weight is 400 g/mol. The fraction of sp³-hybridized carbons (Fsp3) is 0.450. The van der Waals surface area contributed by atoms with E-state index in [1.165, 1.54) is 0 Å². The molecule has 154 valence electrons. The standard InChI is InChI=1S/C20H24N4O5/c1-13-19(24(27)28)14(2)23(22-13)11-15-7-9-16(10-8-15)20(26)29-12-18(25)21-17-5-3-4-6-17/h7-10,17H,3-6,11-12H2,1-2H3,(H,21,25). The minimum atomic E-state index is -0.570. The van der Waals surface area contributed by atoms with E-state index in [1.54, 1.807) is 42.8 Å². The molecule has 0 atom stereocenters. The zero-order valence-electron chi connectivity index (χ0n) is 16.5. The second kappa shape index (κ2) is 8.85. The maximum atomic E-state index is 12.1. The van der Waals surface area contributed by atoms with Crippen LogP contribution in [0, 0.1) is 24.0 Å². The molecule has 0 unspecified atom stereocenters. The van der Waals surface area contributed by atoms with Crippen LogP contribution in [0.1, 0.15) is 53.0 Å². The Kier molecular flexibility index (Phi) is 6.26. The van der Waals surface area contributed by atoms with Crippen LogP contribution in [0.3, 0.4) is 0 Å². The highest BCUT2D eigenvalue weighted by atomic mass is 16.6. The summed E-state index contributed by atoms with van der Waals surface area (Å²) in [7, 11) is 0. The van der Waals surface area contributed by atoms with Gasteiger partial charge in [0.25, 0.3) is 5.91 Å². The first kappa shape index (κ1) is 20.5. The van der Waals surface area contributed by atoms with Crippen LogP contribution in [0.25, 0.3) is 0 Å². The van der Waals surface area contributed by atoms with Crippen molar-refractivity contribution in [1.82, 2.24) is 15.1 Å². The number of nitrogens with one attached hydrogen (secondary N) is 1. The molecule has 9 nitrogen and oxygen atoms in total. The molecule has 1 aliphatic carbocycles. The average Bonchev–Trinajstić information content (AvgIpc) is 3.28. The molecule has 1 aliphatic rings. The second-order valence-corrected chi connectivity index (χ2v) is 7.26. The molecule has 0 bridgehead atoms. The molecule has 29 heavy (non-hydrogen) atoms. The lowest BCUT2D eigenvalue weighted by molar-refractivity contribution is -0.386. The topological polar surface area (TPSA) is 116 Å². The molecule has 0 aliphatic heterocycles. The molecule has 3 rings (SSSR count). The van der Waals surface area contributed by atoms with Gasteiger partial charge in [0.1, 0.15) is 11.4 Å². The van der Waals surface area contributed by atoms with Gasteiger partial charge in [0.05, 0.1) is 17.0 Å². The van der Waals surface area contributed by atoms with Gasteiger partial charge in [-0.15, -0.1) is 0 Å². The largest absolute Gasteiger partial charge is 0.452 e. The summed E-state index contributed by atoms with van der Waals surface area (Å²) in [5.41, 5.74) is 2.02. The van der Waals surface area contributed by atoms with Crippen molar-refractivity contribution in [2.24, 2.45) is 0 Å². The van der Waals surface area contributed by atoms with Crippen molar-refractivity contribution in [2.75, 3.05) is 6.61 Å². The van der Waals surface area contributed by atoms with Crippen LogP contribution in [-0.2, 0) is 16.1 Å². The van der Waals surface area contributed by atoms with Gasteiger partial charge in [-0.1, -0.05) is 25.0 Å². The van der Waals surface area contributed by atoms with Gasteiger partial charge in [0.2, 0.25) is 0 Å². The Morgan fingerprint density at radius 3 is 2.48 bits per heavy atom. The van der Waals surface area contributed by atoms with E-state index in [2.05, 4.69) is 10.4 Å². The van der Waals surface area contributed by atoms with E-state index in [9.17, 15) is 19.7 Å². The van der Waals surface area contributed by atoms with Crippen LogP contribution in [0.4, 0.5) is 5.69 Å². The third-order valence-corrected chi connectivity index (χ3v) is 5.10. The Morgan fingerprint density at radius 1 is 1.24 bits per heavy atom. The number of nitro groups is 1. The van der Waals surface area contributed by atoms with Gasteiger partial charge >= 0.3 is 11.7 Å². The molecule has 1 aromatic heterocycles. The van der Waals surface area contributed by atoms with Crippen molar-refractivity contribution in [1.29, 1.82) is 0 Å². The summed E-state index contributed by atoms with van der Waals surface area (Å²) in [4.78, 5) is 34.7. The first-order chi connectivity index (χ1) is 13.8. The van der Waals surface area contributed by atoms with Gasteiger partial charge in [-0.2, -0.15) is 5.10 Å². The number of aromatic nitrogens is 2. The molecule has 0 saturated heterocycles. The normalized spacial score (nSPS) is 14.0. The molecule has 2 aromatic rings. The summed E-state index contributed by atoms with van der Waals surface area (Å²) in [6.07, 6.45) is 4.17. The Morgan fingerprint density at radius 2 is 1.90 bits per heavy atom. The molecule has 1 saturated carbocycles. The molecule has 1 N–H and O–H groups in total. The van der Waals surface area contributed by atoms with Crippen LogP contribution >= 0.6 is 0 Å². The minimum absolute atomic E-state index is 0.0149. The summed E-state index contributed by atoms with van der Waals surface area (Å²) < 4.78 is 6.64. The van der Waals surface area contributed by atoms with E-state index in [0.29, 0.717) is 23.5 Å². The van der Waals surface area contributed by atoms with E-state index in [1.807, 2.05) is 0 Å². The van der Waals surface area contributed by atoms with Gasteiger partial charge in [-0.25, -0.2) is 4.79 Å². The molecule has 9 heteroatoms. The predicted molar refractivity (Wildman–Crippen MR) is 105 cm³/mol. The van der Waals surface area contributed by atoms with E-state index in [0.717, 1.165) is 31.2 Å². The number of nitrogens with zero attached hydrogens (tertiary/aromatic N) is 3. The van der Waals surface area contributed by atoms with Crippen molar-refractivity contribution in [3.05, 3.63) is 56.9 Å². The summed E-state index contributed by atoms with van der Waals surface area (Å²) in [6.45, 7) is 3.30. The highest BCUT2D eigenvalue weighted by molar-refractivity contribution is 5.91. The number of rotatable bonds is 7.